The number of benzene rings is 1. The molecule has 1 aromatic rings. The SMILES string of the molecule is O=C(Nc1ccccc1F)[C@@H]1[C@@H]2C=CCCCC[C@@H]21. The maximum absolute atomic E-state index is 13.5. The van der Waals surface area contributed by atoms with Crippen molar-refractivity contribution in [2.75, 3.05) is 5.32 Å². The molecular formula is C16H18FNO. The quantitative estimate of drug-likeness (QED) is 0.805. The predicted molar refractivity (Wildman–Crippen MR) is 73.1 cm³/mol. The van der Waals surface area contributed by atoms with Gasteiger partial charge in [-0.3, -0.25) is 4.79 Å². The molecule has 1 aromatic carbocycles. The molecule has 1 N–H and O–H groups in total. The molecular weight excluding hydrogens is 241 g/mol. The molecule has 2 aliphatic carbocycles. The average molecular weight is 259 g/mol. The zero-order chi connectivity index (χ0) is 13.2. The Labute approximate surface area is 112 Å². The molecule has 0 radical (unpaired) electrons. The normalized spacial score (nSPS) is 29.0. The van der Waals surface area contributed by atoms with Gasteiger partial charge in [0.25, 0.3) is 0 Å². The second-order valence-corrected chi connectivity index (χ2v) is 5.45. The lowest BCUT2D eigenvalue weighted by molar-refractivity contribution is -0.117. The molecule has 0 bridgehead atoms. The van der Waals surface area contributed by atoms with Gasteiger partial charge in [0, 0.05) is 5.92 Å². The number of fused-ring (bicyclic) bond motifs is 1. The molecule has 2 aliphatic rings. The van der Waals surface area contributed by atoms with Gasteiger partial charge in [-0.2, -0.15) is 0 Å². The van der Waals surface area contributed by atoms with E-state index >= 15 is 0 Å². The predicted octanol–water partition coefficient (Wildman–Crippen LogP) is 3.76. The fourth-order valence-electron chi connectivity index (χ4n) is 3.08. The number of nitrogens with one attached hydrogen (secondary N) is 1. The fraction of sp³-hybridized carbons (Fsp3) is 0.438. The van der Waals surface area contributed by atoms with Crippen molar-refractivity contribution >= 4 is 11.6 Å². The lowest BCUT2D eigenvalue weighted by Gasteiger charge is -2.05. The van der Waals surface area contributed by atoms with Crippen molar-refractivity contribution in [2.24, 2.45) is 17.8 Å². The Morgan fingerprint density at radius 2 is 2.11 bits per heavy atom. The molecule has 1 saturated carbocycles. The van der Waals surface area contributed by atoms with Crippen molar-refractivity contribution in [3.8, 4) is 0 Å². The first kappa shape index (κ1) is 12.4. The van der Waals surface area contributed by atoms with Crippen molar-refractivity contribution in [2.45, 2.75) is 25.7 Å². The van der Waals surface area contributed by atoms with Crippen LogP contribution in [0.1, 0.15) is 25.7 Å². The molecule has 100 valence electrons. The van der Waals surface area contributed by atoms with Crippen LogP contribution in [-0.4, -0.2) is 5.91 Å². The maximum atomic E-state index is 13.5. The lowest BCUT2D eigenvalue weighted by atomic mass is 10.1. The summed E-state index contributed by atoms with van der Waals surface area (Å²) in [4.78, 5) is 12.2. The Hall–Kier alpha value is -1.64. The van der Waals surface area contributed by atoms with E-state index in [9.17, 15) is 9.18 Å². The number of rotatable bonds is 2. The number of anilines is 1. The molecule has 0 saturated heterocycles. The standard InChI is InChI=1S/C16H18FNO/c17-13-9-5-6-10-14(13)18-16(19)15-11-7-3-1-2-4-8-12(11)15/h3,5-7,9-12,15H,1-2,4,8H2,(H,18,19)/t11-,12+,15-/m1/s1. The Morgan fingerprint density at radius 3 is 2.95 bits per heavy atom. The summed E-state index contributed by atoms with van der Waals surface area (Å²) < 4.78 is 13.5. The number of hydrogen-bond donors (Lipinski definition) is 1. The van der Waals surface area contributed by atoms with Crippen molar-refractivity contribution in [1.82, 2.24) is 0 Å². The van der Waals surface area contributed by atoms with Crippen molar-refractivity contribution in [3.63, 3.8) is 0 Å². The van der Waals surface area contributed by atoms with Gasteiger partial charge in [-0.25, -0.2) is 4.39 Å². The molecule has 0 unspecified atom stereocenters. The zero-order valence-electron chi connectivity index (χ0n) is 10.8. The van der Waals surface area contributed by atoms with E-state index in [1.54, 1.807) is 18.2 Å². The van der Waals surface area contributed by atoms with E-state index in [2.05, 4.69) is 17.5 Å². The van der Waals surface area contributed by atoms with Gasteiger partial charge in [0.15, 0.2) is 0 Å². The van der Waals surface area contributed by atoms with Crippen LogP contribution >= 0.6 is 0 Å². The third kappa shape index (κ3) is 2.55. The highest BCUT2D eigenvalue weighted by Crippen LogP contribution is 2.51. The minimum atomic E-state index is -0.371. The molecule has 19 heavy (non-hydrogen) atoms. The Bertz CT molecular complexity index is 511. The summed E-state index contributed by atoms with van der Waals surface area (Å²) in [6.45, 7) is 0. The van der Waals surface area contributed by atoms with Crippen LogP contribution < -0.4 is 5.32 Å². The summed E-state index contributed by atoms with van der Waals surface area (Å²) in [7, 11) is 0. The van der Waals surface area contributed by atoms with Gasteiger partial charge in [0.05, 0.1) is 5.69 Å². The monoisotopic (exact) mass is 259 g/mol. The second kappa shape index (κ2) is 5.16. The molecule has 1 fully saturated rings. The van der Waals surface area contributed by atoms with E-state index < -0.39 is 0 Å². The largest absolute Gasteiger partial charge is 0.323 e. The molecule has 0 aliphatic heterocycles. The van der Waals surface area contributed by atoms with Crippen LogP contribution in [0.15, 0.2) is 36.4 Å². The van der Waals surface area contributed by atoms with Crippen LogP contribution in [0.4, 0.5) is 10.1 Å². The summed E-state index contributed by atoms with van der Waals surface area (Å²) in [5.74, 6) is 0.459. The summed E-state index contributed by atoms with van der Waals surface area (Å²) in [6, 6.07) is 6.33. The highest BCUT2D eigenvalue weighted by Gasteiger charge is 2.52. The summed E-state index contributed by atoms with van der Waals surface area (Å²) in [5.41, 5.74) is 0.288. The van der Waals surface area contributed by atoms with Gasteiger partial charge in [-0.05, 0) is 43.2 Å². The summed E-state index contributed by atoms with van der Waals surface area (Å²) in [5, 5.41) is 2.72. The highest BCUT2D eigenvalue weighted by atomic mass is 19.1. The van der Waals surface area contributed by atoms with Crippen molar-refractivity contribution < 1.29 is 9.18 Å². The van der Waals surface area contributed by atoms with E-state index in [4.69, 9.17) is 0 Å². The number of halogens is 1. The maximum Gasteiger partial charge on any atom is 0.228 e. The number of carbonyl (C=O) groups excluding carboxylic acids is 1. The van der Waals surface area contributed by atoms with Gasteiger partial charge < -0.3 is 5.32 Å². The van der Waals surface area contributed by atoms with E-state index in [-0.39, 0.29) is 23.3 Å². The van der Waals surface area contributed by atoms with Crippen LogP contribution in [0.5, 0.6) is 0 Å². The van der Waals surface area contributed by atoms with E-state index in [0.717, 1.165) is 12.8 Å². The van der Waals surface area contributed by atoms with Crippen molar-refractivity contribution in [3.05, 3.63) is 42.2 Å². The first-order valence-electron chi connectivity index (χ1n) is 6.99. The molecule has 0 aromatic heterocycles. The summed E-state index contributed by atoms with van der Waals surface area (Å²) in [6.07, 6.45) is 8.99. The van der Waals surface area contributed by atoms with Gasteiger partial charge in [0.1, 0.15) is 5.82 Å². The van der Waals surface area contributed by atoms with Crippen LogP contribution in [0, 0.1) is 23.6 Å². The smallest absolute Gasteiger partial charge is 0.228 e. The third-order valence-corrected chi connectivity index (χ3v) is 4.18. The van der Waals surface area contributed by atoms with E-state index in [0.29, 0.717) is 11.8 Å². The Balaban J connectivity index is 1.67. The molecule has 1 amide bonds. The molecule has 3 heteroatoms. The van der Waals surface area contributed by atoms with Gasteiger partial charge in [-0.1, -0.05) is 30.7 Å². The number of amides is 1. The fourth-order valence-corrected chi connectivity index (χ4v) is 3.08. The molecule has 2 nitrogen and oxygen atoms in total. The molecule has 0 spiro atoms. The van der Waals surface area contributed by atoms with Crippen molar-refractivity contribution in [1.29, 1.82) is 0 Å². The minimum absolute atomic E-state index is 0.0355. The first-order chi connectivity index (χ1) is 9.27. The van der Waals surface area contributed by atoms with Gasteiger partial charge >= 0.3 is 0 Å². The van der Waals surface area contributed by atoms with E-state index in [1.807, 2.05) is 0 Å². The highest BCUT2D eigenvalue weighted by molar-refractivity contribution is 5.95. The number of para-hydroxylation sites is 1. The Morgan fingerprint density at radius 1 is 1.26 bits per heavy atom. The van der Waals surface area contributed by atoms with Gasteiger partial charge in [-0.15, -0.1) is 0 Å². The second-order valence-electron chi connectivity index (χ2n) is 5.45. The zero-order valence-corrected chi connectivity index (χ0v) is 10.8. The Kier molecular flexibility index (Phi) is 3.36. The van der Waals surface area contributed by atoms with Gasteiger partial charge in [0.2, 0.25) is 5.91 Å². The molecule has 3 atom stereocenters. The summed E-state index contributed by atoms with van der Waals surface area (Å²) >= 11 is 0. The minimum Gasteiger partial charge on any atom is -0.323 e. The van der Waals surface area contributed by atoms with E-state index in [1.165, 1.54) is 18.9 Å². The van der Waals surface area contributed by atoms with Crippen LogP contribution in [0.3, 0.4) is 0 Å². The topological polar surface area (TPSA) is 29.1 Å². The third-order valence-electron chi connectivity index (χ3n) is 4.18. The number of allylic oxidation sites excluding steroid dienone is 2. The molecule has 0 heterocycles. The van der Waals surface area contributed by atoms with Crippen LogP contribution in [0.25, 0.3) is 0 Å². The number of carbonyl (C=O) groups is 1. The van der Waals surface area contributed by atoms with Crippen LogP contribution in [-0.2, 0) is 4.79 Å². The first-order valence-corrected chi connectivity index (χ1v) is 6.99. The average Bonchev–Trinajstić information content (AvgIpc) is 3.03. The molecule has 3 rings (SSSR count). The van der Waals surface area contributed by atoms with Crippen LogP contribution in [0.2, 0.25) is 0 Å². The lowest BCUT2D eigenvalue weighted by Crippen LogP contribution is -2.16. The number of hydrogen-bond acceptors (Lipinski definition) is 1.